The Hall–Kier alpha value is -0.610. The molecule has 2 atom stereocenters. The summed E-state index contributed by atoms with van der Waals surface area (Å²) < 4.78 is 4.73. The van der Waals surface area contributed by atoms with Crippen LogP contribution < -0.4 is 5.73 Å². The largest absolute Gasteiger partial charge is 0.469 e. The molecule has 0 spiro atoms. The van der Waals surface area contributed by atoms with Crippen LogP contribution in [0.3, 0.4) is 0 Å². The number of likely N-dealkylation sites (tertiary alicyclic amines) is 1. The molecule has 94 valence electrons. The molecule has 1 rings (SSSR count). The lowest BCUT2D eigenvalue weighted by Crippen LogP contribution is -2.42. The summed E-state index contributed by atoms with van der Waals surface area (Å²) in [5, 5.41) is 0. The Kier molecular flexibility index (Phi) is 5.22. The van der Waals surface area contributed by atoms with Gasteiger partial charge in [-0.1, -0.05) is 6.92 Å². The van der Waals surface area contributed by atoms with Gasteiger partial charge in [-0.05, 0) is 38.8 Å². The molecular formula is C12H24N2O2. The van der Waals surface area contributed by atoms with E-state index in [9.17, 15) is 4.79 Å². The molecule has 1 fully saturated rings. The standard InChI is InChI=1S/C12H24N2O2/c1-9(12(15)16-3)8-14-6-4-11(5-7-14)10(2)13/h9-11H,4-8,13H2,1-3H3. The van der Waals surface area contributed by atoms with Gasteiger partial charge in [-0.2, -0.15) is 0 Å². The van der Waals surface area contributed by atoms with E-state index in [1.807, 2.05) is 6.92 Å². The molecule has 2 unspecified atom stereocenters. The van der Waals surface area contributed by atoms with E-state index in [4.69, 9.17) is 10.5 Å². The highest BCUT2D eigenvalue weighted by Crippen LogP contribution is 2.20. The first kappa shape index (κ1) is 13.5. The van der Waals surface area contributed by atoms with Crippen molar-refractivity contribution in [3.63, 3.8) is 0 Å². The molecule has 0 amide bonds. The van der Waals surface area contributed by atoms with Crippen LogP contribution in [-0.4, -0.2) is 43.7 Å². The van der Waals surface area contributed by atoms with Crippen LogP contribution in [-0.2, 0) is 9.53 Å². The van der Waals surface area contributed by atoms with Crippen molar-refractivity contribution in [2.45, 2.75) is 32.7 Å². The third-order valence-electron chi connectivity index (χ3n) is 3.51. The number of methoxy groups -OCH3 is 1. The normalized spacial score (nSPS) is 22.8. The van der Waals surface area contributed by atoms with Gasteiger partial charge < -0.3 is 15.4 Å². The minimum absolute atomic E-state index is 0.0307. The smallest absolute Gasteiger partial charge is 0.309 e. The fourth-order valence-corrected chi connectivity index (χ4v) is 2.32. The SMILES string of the molecule is COC(=O)C(C)CN1CCC(C(C)N)CC1. The quantitative estimate of drug-likeness (QED) is 0.725. The zero-order valence-electron chi connectivity index (χ0n) is 10.6. The zero-order chi connectivity index (χ0) is 12.1. The number of rotatable bonds is 4. The second kappa shape index (κ2) is 6.21. The van der Waals surface area contributed by atoms with Crippen LogP contribution in [0.25, 0.3) is 0 Å². The van der Waals surface area contributed by atoms with Crippen LogP contribution in [0.4, 0.5) is 0 Å². The number of carbonyl (C=O) groups excluding carboxylic acids is 1. The summed E-state index contributed by atoms with van der Waals surface area (Å²) in [5.74, 6) is 0.496. The van der Waals surface area contributed by atoms with Gasteiger partial charge in [0.25, 0.3) is 0 Å². The lowest BCUT2D eigenvalue weighted by atomic mass is 9.90. The Bertz CT molecular complexity index is 223. The van der Waals surface area contributed by atoms with Gasteiger partial charge in [-0.3, -0.25) is 4.79 Å². The first-order chi connectivity index (χ1) is 7.54. The molecule has 4 heteroatoms. The van der Waals surface area contributed by atoms with E-state index in [-0.39, 0.29) is 11.9 Å². The zero-order valence-corrected chi connectivity index (χ0v) is 10.6. The summed E-state index contributed by atoms with van der Waals surface area (Å²) in [6.07, 6.45) is 2.29. The number of esters is 1. The summed E-state index contributed by atoms with van der Waals surface area (Å²) >= 11 is 0. The monoisotopic (exact) mass is 228 g/mol. The van der Waals surface area contributed by atoms with Gasteiger partial charge in [0.05, 0.1) is 13.0 Å². The van der Waals surface area contributed by atoms with E-state index < -0.39 is 0 Å². The van der Waals surface area contributed by atoms with Crippen LogP contribution in [0.1, 0.15) is 26.7 Å². The number of piperidine rings is 1. The summed E-state index contributed by atoms with van der Waals surface area (Å²) in [6.45, 7) is 6.90. The van der Waals surface area contributed by atoms with Crippen molar-refractivity contribution in [1.82, 2.24) is 4.90 Å². The molecule has 0 saturated carbocycles. The highest BCUT2D eigenvalue weighted by molar-refractivity contribution is 5.72. The molecule has 0 aromatic rings. The Morgan fingerprint density at radius 1 is 1.44 bits per heavy atom. The molecule has 0 bridgehead atoms. The molecule has 1 heterocycles. The van der Waals surface area contributed by atoms with E-state index in [1.165, 1.54) is 7.11 Å². The van der Waals surface area contributed by atoms with Gasteiger partial charge >= 0.3 is 5.97 Å². The van der Waals surface area contributed by atoms with Gasteiger partial charge in [-0.25, -0.2) is 0 Å². The minimum Gasteiger partial charge on any atom is -0.469 e. The average molecular weight is 228 g/mol. The molecule has 1 aliphatic heterocycles. The van der Waals surface area contributed by atoms with E-state index in [1.54, 1.807) is 0 Å². The third kappa shape index (κ3) is 3.76. The van der Waals surface area contributed by atoms with E-state index in [2.05, 4.69) is 11.8 Å². The van der Waals surface area contributed by atoms with Gasteiger partial charge in [-0.15, -0.1) is 0 Å². The molecule has 0 radical (unpaired) electrons. The van der Waals surface area contributed by atoms with E-state index in [0.29, 0.717) is 12.0 Å². The van der Waals surface area contributed by atoms with Crippen molar-refractivity contribution in [3.8, 4) is 0 Å². The van der Waals surface area contributed by atoms with Crippen molar-refractivity contribution in [3.05, 3.63) is 0 Å². The fourth-order valence-electron chi connectivity index (χ4n) is 2.32. The van der Waals surface area contributed by atoms with E-state index in [0.717, 1.165) is 32.5 Å². The van der Waals surface area contributed by atoms with Crippen molar-refractivity contribution >= 4 is 5.97 Å². The minimum atomic E-state index is -0.116. The third-order valence-corrected chi connectivity index (χ3v) is 3.51. The van der Waals surface area contributed by atoms with Crippen molar-refractivity contribution < 1.29 is 9.53 Å². The van der Waals surface area contributed by atoms with Crippen molar-refractivity contribution in [2.24, 2.45) is 17.6 Å². The summed E-state index contributed by atoms with van der Waals surface area (Å²) in [7, 11) is 1.45. The lowest BCUT2D eigenvalue weighted by molar-refractivity contribution is -0.145. The molecule has 0 aromatic carbocycles. The van der Waals surface area contributed by atoms with Crippen LogP contribution in [0.15, 0.2) is 0 Å². The van der Waals surface area contributed by atoms with Gasteiger partial charge in [0, 0.05) is 12.6 Å². The Labute approximate surface area is 98.1 Å². The highest BCUT2D eigenvalue weighted by Gasteiger charge is 2.24. The summed E-state index contributed by atoms with van der Waals surface area (Å²) in [5.41, 5.74) is 5.89. The maximum Gasteiger partial charge on any atom is 0.309 e. The predicted octanol–water partition coefficient (Wildman–Crippen LogP) is 0.855. The summed E-state index contributed by atoms with van der Waals surface area (Å²) in [4.78, 5) is 13.6. The average Bonchev–Trinajstić information content (AvgIpc) is 2.28. The predicted molar refractivity (Wildman–Crippen MR) is 64.0 cm³/mol. The maximum atomic E-state index is 11.3. The molecule has 16 heavy (non-hydrogen) atoms. The Balaban J connectivity index is 2.29. The number of nitrogens with zero attached hydrogens (tertiary/aromatic N) is 1. The van der Waals surface area contributed by atoms with Crippen LogP contribution in [0.5, 0.6) is 0 Å². The fraction of sp³-hybridized carbons (Fsp3) is 0.917. The number of nitrogens with two attached hydrogens (primary N) is 1. The highest BCUT2D eigenvalue weighted by atomic mass is 16.5. The molecule has 4 nitrogen and oxygen atoms in total. The van der Waals surface area contributed by atoms with Gasteiger partial charge in [0.15, 0.2) is 0 Å². The van der Waals surface area contributed by atoms with Crippen LogP contribution in [0.2, 0.25) is 0 Å². The molecule has 1 saturated heterocycles. The first-order valence-electron chi connectivity index (χ1n) is 6.10. The number of hydrogen-bond donors (Lipinski definition) is 1. The molecule has 1 aliphatic rings. The molecule has 0 aliphatic carbocycles. The first-order valence-corrected chi connectivity index (χ1v) is 6.10. The number of hydrogen-bond acceptors (Lipinski definition) is 4. The molecule has 2 N–H and O–H groups in total. The molecule has 0 aromatic heterocycles. The van der Waals surface area contributed by atoms with Crippen LogP contribution in [0, 0.1) is 11.8 Å². The van der Waals surface area contributed by atoms with Crippen molar-refractivity contribution in [2.75, 3.05) is 26.7 Å². The molecular weight excluding hydrogens is 204 g/mol. The Morgan fingerprint density at radius 3 is 2.44 bits per heavy atom. The number of carbonyl (C=O) groups is 1. The lowest BCUT2D eigenvalue weighted by Gasteiger charge is -2.34. The van der Waals surface area contributed by atoms with E-state index >= 15 is 0 Å². The van der Waals surface area contributed by atoms with Gasteiger partial charge in [0.2, 0.25) is 0 Å². The second-order valence-electron chi connectivity index (χ2n) is 4.92. The number of ether oxygens (including phenoxy) is 1. The van der Waals surface area contributed by atoms with Crippen LogP contribution >= 0.6 is 0 Å². The maximum absolute atomic E-state index is 11.3. The topological polar surface area (TPSA) is 55.6 Å². The van der Waals surface area contributed by atoms with Gasteiger partial charge in [0.1, 0.15) is 0 Å². The second-order valence-corrected chi connectivity index (χ2v) is 4.92. The summed E-state index contributed by atoms with van der Waals surface area (Å²) in [6, 6.07) is 0.292. The van der Waals surface area contributed by atoms with Crippen molar-refractivity contribution in [1.29, 1.82) is 0 Å². The Morgan fingerprint density at radius 2 is 2.00 bits per heavy atom.